The van der Waals surface area contributed by atoms with Gasteiger partial charge in [0.2, 0.25) is 0 Å². The lowest BCUT2D eigenvalue weighted by atomic mass is 10.2. The molecule has 7 heteroatoms. The quantitative estimate of drug-likeness (QED) is 0.510. The van der Waals surface area contributed by atoms with Crippen molar-refractivity contribution in [2.75, 3.05) is 19.5 Å². The third kappa shape index (κ3) is 5.50. The van der Waals surface area contributed by atoms with Crippen LogP contribution in [0.3, 0.4) is 0 Å². The number of esters is 1. The molecule has 0 aliphatic heterocycles. The highest BCUT2D eigenvalue weighted by atomic mass is 19.4. The topological polar surface area (TPSA) is 61.5 Å². The molecule has 0 bridgehead atoms. The Bertz CT molecular complexity index is 446. The maximum Gasteiger partial charge on any atom is 0.389 e. The summed E-state index contributed by atoms with van der Waals surface area (Å²) in [6.07, 6.45) is -5.50. The first kappa shape index (κ1) is 15.1. The Balaban J connectivity index is 2.52. The Labute approximate surface area is 108 Å². The molecule has 0 fully saturated rings. The van der Waals surface area contributed by atoms with Gasteiger partial charge in [0.15, 0.2) is 0 Å². The molecule has 0 atom stereocenters. The molecule has 0 spiro atoms. The van der Waals surface area contributed by atoms with Gasteiger partial charge < -0.3 is 15.2 Å². The number of carbonyl (C=O) groups excluding carboxylic acids is 1. The van der Waals surface area contributed by atoms with Gasteiger partial charge in [-0.1, -0.05) is 0 Å². The van der Waals surface area contributed by atoms with E-state index in [9.17, 15) is 18.0 Å². The predicted octanol–water partition coefficient (Wildman–Crippen LogP) is 2.78. The average Bonchev–Trinajstić information content (AvgIpc) is 2.32. The summed E-state index contributed by atoms with van der Waals surface area (Å²) >= 11 is 0. The van der Waals surface area contributed by atoms with E-state index in [0.29, 0.717) is 11.4 Å². The standard InChI is InChI=1S/C12H14F3NO3/c1-18-10-6-8(5-9(16)7-10)11(17)19-4-2-3-12(13,14)15/h5-7H,2-4,16H2,1H3. The highest BCUT2D eigenvalue weighted by molar-refractivity contribution is 5.91. The van der Waals surface area contributed by atoms with E-state index in [1.54, 1.807) is 0 Å². The summed E-state index contributed by atoms with van der Waals surface area (Å²) in [5.74, 6) is -0.352. The number of anilines is 1. The van der Waals surface area contributed by atoms with Gasteiger partial charge in [0.1, 0.15) is 5.75 Å². The second-order valence-electron chi connectivity index (χ2n) is 3.85. The molecular weight excluding hydrogens is 263 g/mol. The van der Waals surface area contributed by atoms with Crippen LogP contribution in [0.4, 0.5) is 18.9 Å². The SMILES string of the molecule is COc1cc(N)cc(C(=O)OCCCC(F)(F)F)c1. The Hall–Kier alpha value is -1.92. The number of nitrogen functional groups attached to an aromatic ring is 1. The highest BCUT2D eigenvalue weighted by Crippen LogP contribution is 2.22. The normalized spacial score (nSPS) is 11.2. The van der Waals surface area contributed by atoms with Gasteiger partial charge in [0.25, 0.3) is 0 Å². The summed E-state index contributed by atoms with van der Waals surface area (Å²) in [6.45, 7) is -0.296. The summed E-state index contributed by atoms with van der Waals surface area (Å²) in [7, 11) is 1.41. The summed E-state index contributed by atoms with van der Waals surface area (Å²) in [5.41, 5.74) is 6.00. The molecule has 0 saturated carbocycles. The second kappa shape index (κ2) is 6.31. The molecule has 4 nitrogen and oxygen atoms in total. The van der Waals surface area contributed by atoms with Crippen LogP contribution in [0, 0.1) is 0 Å². The first-order valence-corrected chi connectivity index (χ1v) is 5.50. The summed E-state index contributed by atoms with van der Waals surface area (Å²) in [4.78, 5) is 11.6. The zero-order valence-electron chi connectivity index (χ0n) is 10.3. The van der Waals surface area contributed by atoms with Crippen molar-refractivity contribution in [1.82, 2.24) is 0 Å². The van der Waals surface area contributed by atoms with E-state index in [0.717, 1.165) is 0 Å². The number of rotatable bonds is 5. The minimum Gasteiger partial charge on any atom is -0.497 e. The van der Waals surface area contributed by atoms with E-state index in [4.69, 9.17) is 15.2 Å². The van der Waals surface area contributed by atoms with Crippen LogP contribution >= 0.6 is 0 Å². The number of methoxy groups -OCH3 is 1. The maximum atomic E-state index is 11.9. The number of halogens is 3. The molecule has 0 aliphatic rings. The van der Waals surface area contributed by atoms with Crippen LogP contribution in [0.5, 0.6) is 5.75 Å². The summed E-state index contributed by atoms with van der Waals surface area (Å²) < 4.78 is 45.3. The smallest absolute Gasteiger partial charge is 0.389 e. The molecule has 1 aromatic carbocycles. The molecule has 0 unspecified atom stereocenters. The fourth-order valence-corrected chi connectivity index (χ4v) is 1.38. The molecule has 0 saturated heterocycles. The lowest BCUT2D eigenvalue weighted by molar-refractivity contribution is -0.137. The number of ether oxygens (including phenoxy) is 2. The molecule has 2 N–H and O–H groups in total. The van der Waals surface area contributed by atoms with Crippen LogP contribution in [0.15, 0.2) is 18.2 Å². The van der Waals surface area contributed by atoms with Crippen molar-refractivity contribution in [3.8, 4) is 5.75 Å². The lowest BCUT2D eigenvalue weighted by Gasteiger charge is -2.08. The van der Waals surface area contributed by atoms with Gasteiger partial charge in [-0.2, -0.15) is 13.2 Å². The van der Waals surface area contributed by atoms with Gasteiger partial charge in [0.05, 0.1) is 19.3 Å². The van der Waals surface area contributed by atoms with Gasteiger partial charge in [-0.3, -0.25) is 0 Å². The number of carbonyl (C=O) groups is 1. The monoisotopic (exact) mass is 277 g/mol. The highest BCUT2D eigenvalue weighted by Gasteiger charge is 2.26. The van der Waals surface area contributed by atoms with Gasteiger partial charge in [-0.25, -0.2) is 4.79 Å². The number of hydrogen-bond acceptors (Lipinski definition) is 4. The van der Waals surface area contributed by atoms with Gasteiger partial charge >= 0.3 is 12.1 Å². The van der Waals surface area contributed by atoms with Crippen molar-refractivity contribution >= 4 is 11.7 Å². The van der Waals surface area contributed by atoms with Crippen LogP contribution in [0.1, 0.15) is 23.2 Å². The van der Waals surface area contributed by atoms with Gasteiger partial charge in [-0.15, -0.1) is 0 Å². The molecule has 0 amide bonds. The minimum absolute atomic E-state index is 0.142. The van der Waals surface area contributed by atoms with Crippen molar-refractivity contribution < 1.29 is 27.4 Å². The van der Waals surface area contributed by atoms with Crippen molar-refractivity contribution in [1.29, 1.82) is 0 Å². The van der Waals surface area contributed by atoms with Crippen molar-refractivity contribution in [2.45, 2.75) is 19.0 Å². The van der Waals surface area contributed by atoms with Crippen molar-refractivity contribution in [3.05, 3.63) is 23.8 Å². The molecule has 0 radical (unpaired) electrons. The molecule has 0 aliphatic carbocycles. The zero-order chi connectivity index (χ0) is 14.5. The van der Waals surface area contributed by atoms with E-state index in [1.165, 1.54) is 25.3 Å². The first-order valence-electron chi connectivity index (χ1n) is 5.50. The molecule has 0 heterocycles. The Morgan fingerprint density at radius 1 is 1.32 bits per heavy atom. The molecule has 1 rings (SSSR count). The number of benzene rings is 1. The fraction of sp³-hybridized carbons (Fsp3) is 0.417. The Morgan fingerprint density at radius 3 is 2.58 bits per heavy atom. The molecule has 1 aromatic rings. The summed E-state index contributed by atoms with van der Waals surface area (Å²) in [6, 6.07) is 4.29. The lowest BCUT2D eigenvalue weighted by Crippen LogP contribution is -2.11. The first-order chi connectivity index (χ1) is 8.81. The maximum absolute atomic E-state index is 11.9. The van der Waals surface area contributed by atoms with Crippen LogP contribution in [-0.2, 0) is 4.74 Å². The summed E-state index contributed by atoms with van der Waals surface area (Å²) in [5, 5.41) is 0. The third-order valence-corrected chi connectivity index (χ3v) is 2.24. The number of nitrogens with two attached hydrogens (primary N) is 1. The van der Waals surface area contributed by atoms with Gasteiger partial charge in [-0.05, 0) is 18.6 Å². The zero-order valence-corrected chi connectivity index (χ0v) is 10.3. The fourth-order valence-electron chi connectivity index (χ4n) is 1.38. The molecule has 0 aromatic heterocycles. The van der Waals surface area contributed by atoms with Crippen LogP contribution in [0.2, 0.25) is 0 Å². The van der Waals surface area contributed by atoms with Crippen molar-refractivity contribution in [3.63, 3.8) is 0 Å². The van der Waals surface area contributed by atoms with Crippen LogP contribution in [0.25, 0.3) is 0 Å². The Morgan fingerprint density at radius 2 is 2.00 bits per heavy atom. The predicted molar refractivity (Wildman–Crippen MR) is 63.0 cm³/mol. The van der Waals surface area contributed by atoms with E-state index in [1.807, 2.05) is 0 Å². The van der Waals surface area contributed by atoms with Gasteiger partial charge in [0, 0.05) is 18.2 Å². The third-order valence-electron chi connectivity index (χ3n) is 2.24. The average molecular weight is 277 g/mol. The van der Waals surface area contributed by atoms with Crippen LogP contribution < -0.4 is 10.5 Å². The van der Waals surface area contributed by atoms with E-state index in [2.05, 4.69) is 0 Å². The van der Waals surface area contributed by atoms with E-state index < -0.39 is 18.6 Å². The molecule has 19 heavy (non-hydrogen) atoms. The largest absolute Gasteiger partial charge is 0.497 e. The molecule has 106 valence electrons. The number of alkyl halides is 3. The number of hydrogen-bond donors (Lipinski definition) is 1. The second-order valence-corrected chi connectivity index (χ2v) is 3.85. The minimum atomic E-state index is -4.24. The van der Waals surface area contributed by atoms with Crippen LogP contribution in [-0.4, -0.2) is 25.9 Å². The Kier molecular flexibility index (Phi) is 5.02. The van der Waals surface area contributed by atoms with E-state index >= 15 is 0 Å². The van der Waals surface area contributed by atoms with E-state index in [-0.39, 0.29) is 18.6 Å². The van der Waals surface area contributed by atoms with Crippen molar-refractivity contribution in [2.24, 2.45) is 0 Å². The molecular formula is C12H14F3NO3.